The van der Waals surface area contributed by atoms with E-state index in [-0.39, 0.29) is 4.90 Å². The van der Waals surface area contributed by atoms with E-state index in [9.17, 15) is 13.2 Å². The summed E-state index contributed by atoms with van der Waals surface area (Å²) in [5.41, 5.74) is 2.47. The molecular formula is C22H20Cl2N2O3S. The number of hydrogen-bond acceptors (Lipinski definition) is 3. The molecule has 0 aromatic heterocycles. The summed E-state index contributed by atoms with van der Waals surface area (Å²) < 4.78 is 27.9. The molecule has 0 heterocycles. The highest BCUT2D eigenvalue weighted by Gasteiger charge is 2.28. The van der Waals surface area contributed by atoms with Crippen LogP contribution in [0.3, 0.4) is 0 Å². The molecule has 8 heteroatoms. The molecule has 0 aliphatic rings. The highest BCUT2D eigenvalue weighted by molar-refractivity contribution is 7.92. The predicted molar refractivity (Wildman–Crippen MR) is 122 cm³/mol. The van der Waals surface area contributed by atoms with Gasteiger partial charge in [0.1, 0.15) is 6.54 Å². The van der Waals surface area contributed by atoms with E-state index in [0.29, 0.717) is 21.4 Å². The SMILES string of the molecule is Cc1ccc(N(CC(=O)Nc2cc(Cl)ccc2Cl)S(=O)(=O)c2ccccc2)c(C)c1. The van der Waals surface area contributed by atoms with Gasteiger partial charge < -0.3 is 5.32 Å². The molecule has 5 nitrogen and oxygen atoms in total. The predicted octanol–water partition coefficient (Wildman–Crippen LogP) is 5.44. The number of nitrogens with one attached hydrogen (secondary N) is 1. The van der Waals surface area contributed by atoms with Crippen LogP contribution in [0.5, 0.6) is 0 Å². The summed E-state index contributed by atoms with van der Waals surface area (Å²) >= 11 is 12.1. The van der Waals surface area contributed by atoms with E-state index in [4.69, 9.17) is 23.2 Å². The Labute approximate surface area is 186 Å². The summed E-state index contributed by atoms with van der Waals surface area (Å²) in [5, 5.41) is 3.35. The summed E-state index contributed by atoms with van der Waals surface area (Å²) in [5.74, 6) is -0.543. The minimum atomic E-state index is -3.98. The molecule has 156 valence electrons. The third-order valence-corrected chi connectivity index (χ3v) is 6.78. The minimum Gasteiger partial charge on any atom is -0.323 e. The van der Waals surface area contributed by atoms with E-state index in [0.717, 1.165) is 15.4 Å². The Kier molecular flexibility index (Phi) is 6.71. The van der Waals surface area contributed by atoms with E-state index in [1.54, 1.807) is 36.4 Å². The quantitative estimate of drug-likeness (QED) is 0.529. The lowest BCUT2D eigenvalue weighted by Crippen LogP contribution is -2.38. The van der Waals surface area contributed by atoms with E-state index < -0.39 is 22.5 Å². The van der Waals surface area contributed by atoms with E-state index >= 15 is 0 Å². The first kappa shape index (κ1) is 22.2. The van der Waals surface area contributed by atoms with Crippen molar-refractivity contribution in [1.29, 1.82) is 0 Å². The number of anilines is 2. The Bertz CT molecular complexity index is 1180. The Morgan fingerprint density at radius 3 is 2.33 bits per heavy atom. The van der Waals surface area contributed by atoms with Gasteiger partial charge in [0.2, 0.25) is 5.91 Å². The van der Waals surface area contributed by atoms with Crippen LogP contribution in [0.4, 0.5) is 11.4 Å². The fraction of sp³-hybridized carbons (Fsp3) is 0.136. The maximum Gasteiger partial charge on any atom is 0.264 e. The highest BCUT2D eigenvalue weighted by atomic mass is 35.5. The molecule has 0 radical (unpaired) electrons. The van der Waals surface area contributed by atoms with Crippen LogP contribution in [0.15, 0.2) is 71.6 Å². The second kappa shape index (κ2) is 9.08. The van der Waals surface area contributed by atoms with Gasteiger partial charge in [-0.05, 0) is 55.8 Å². The van der Waals surface area contributed by atoms with Crippen LogP contribution in [0.25, 0.3) is 0 Å². The lowest BCUT2D eigenvalue weighted by atomic mass is 10.1. The second-order valence-electron chi connectivity index (χ2n) is 6.79. The average Bonchev–Trinajstić information content (AvgIpc) is 2.70. The van der Waals surface area contributed by atoms with Crippen molar-refractivity contribution < 1.29 is 13.2 Å². The summed E-state index contributed by atoms with van der Waals surface area (Å²) in [6, 6.07) is 18.0. The van der Waals surface area contributed by atoms with Gasteiger partial charge >= 0.3 is 0 Å². The molecule has 0 aliphatic carbocycles. The molecule has 3 aromatic rings. The molecule has 30 heavy (non-hydrogen) atoms. The number of hydrogen-bond donors (Lipinski definition) is 1. The molecule has 0 bridgehead atoms. The Morgan fingerprint density at radius 2 is 1.67 bits per heavy atom. The van der Waals surface area contributed by atoms with Gasteiger partial charge in [-0.25, -0.2) is 8.42 Å². The van der Waals surface area contributed by atoms with E-state index in [1.807, 2.05) is 26.0 Å². The van der Waals surface area contributed by atoms with Gasteiger partial charge in [0.05, 0.1) is 21.3 Å². The van der Waals surface area contributed by atoms with Crippen molar-refractivity contribution in [3.05, 3.63) is 87.9 Å². The molecule has 3 aromatic carbocycles. The summed E-state index contributed by atoms with van der Waals surface area (Å²) in [6.45, 7) is 3.30. The molecular weight excluding hydrogens is 443 g/mol. The molecule has 1 N–H and O–H groups in total. The van der Waals surface area contributed by atoms with Crippen LogP contribution >= 0.6 is 23.2 Å². The van der Waals surface area contributed by atoms with Gasteiger partial charge in [0, 0.05) is 5.02 Å². The zero-order valence-corrected chi connectivity index (χ0v) is 18.7. The molecule has 0 spiro atoms. The number of rotatable bonds is 6. The van der Waals surface area contributed by atoms with Crippen molar-refractivity contribution in [2.75, 3.05) is 16.2 Å². The lowest BCUT2D eigenvalue weighted by Gasteiger charge is -2.26. The Morgan fingerprint density at radius 1 is 0.967 bits per heavy atom. The maximum absolute atomic E-state index is 13.4. The number of sulfonamides is 1. The molecule has 0 saturated heterocycles. The molecule has 0 saturated carbocycles. The summed E-state index contributed by atoms with van der Waals surface area (Å²) in [6.07, 6.45) is 0. The lowest BCUT2D eigenvalue weighted by molar-refractivity contribution is -0.114. The first-order valence-corrected chi connectivity index (χ1v) is 11.3. The first-order valence-electron chi connectivity index (χ1n) is 9.08. The number of amides is 1. The molecule has 0 unspecified atom stereocenters. The highest BCUT2D eigenvalue weighted by Crippen LogP contribution is 2.29. The van der Waals surface area contributed by atoms with Crippen molar-refractivity contribution in [2.24, 2.45) is 0 Å². The fourth-order valence-electron chi connectivity index (χ4n) is 3.02. The van der Waals surface area contributed by atoms with Gasteiger partial charge in [0.15, 0.2) is 0 Å². The van der Waals surface area contributed by atoms with Gasteiger partial charge in [-0.15, -0.1) is 0 Å². The van der Waals surface area contributed by atoms with Crippen LogP contribution in [-0.2, 0) is 14.8 Å². The van der Waals surface area contributed by atoms with Crippen LogP contribution in [0.2, 0.25) is 10.0 Å². The van der Waals surface area contributed by atoms with Crippen LogP contribution in [0.1, 0.15) is 11.1 Å². The van der Waals surface area contributed by atoms with Crippen molar-refractivity contribution in [3.8, 4) is 0 Å². The second-order valence-corrected chi connectivity index (χ2v) is 9.49. The van der Waals surface area contributed by atoms with Crippen molar-refractivity contribution in [2.45, 2.75) is 18.7 Å². The summed E-state index contributed by atoms with van der Waals surface area (Å²) in [7, 11) is -3.98. The molecule has 0 fully saturated rings. The van der Waals surface area contributed by atoms with Crippen LogP contribution < -0.4 is 9.62 Å². The monoisotopic (exact) mass is 462 g/mol. The Balaban J connectivity index is 1.99. The number of halogens is 2. The van der Waals surface area contributed by atoms with Crippen molar-refractivity contribution in [3.63, 3.8) is 0 Å². The summed E-state index contributed by atoms with van der Waals surface area (Å²) in [4.78, 5) is 12.9. The number of aryl methyl sites for hydroxylation is 2. The van der Waals surface area contributed by atoms with Crippen molar-refractivity contribution in [1.82, 2.24) is 0 Å². The number of carbonyl (C=O) groups excluding carboxylic acids is 1. The molecule has 0 atom stereocenters. The normalized spacial score (nSPS) is 11.2. The van der Waals surface area contributed by atoms with Gasteiger partial charge in [-0.3, -0.25) is 9.10 Å². The molecule has 1 amide bonds. The number of nitrogens with zero attached hydrogens (tertiary/aromatic N) is 1. The first-order chi connectivity index (χ1) is 14.2. The number of carbonyl (C=O) groups is 1. The number of benzene rings is 3. The smallest absolute Gasteiger partial charge is 0.264 e. The third kappa shape index (κ3) is 4.95. The van der Waals surface area contributed by atoms with Crippen molar-refractivity contribution >= 4 is 50.5 Å². The fourth-order valence-corrected chi connectivity index (χ4v) is 4.86. The van der Waals surface area contributed by atoms with Crippen LogP contribution in [-0.4, -0.2) is 20.9 Å². The maximum atomic E-state index is 13.4. The molecule has 3 rings (SSSR count). The zero-order valence-electron chi connectivity index (χ0n) is 16.4. The van der Waals surface area contributed by atoms with E-state index in [1.165, 1.54) is 18.2 Å². The molecule has 0 aliphatic heterocycles. The topological polar surface area (TPSA) is 66.5 Å². The largest absolute Gasteiger partial charge is 0.323 e. The average molecular weight is 463 g/mol. The third-order valence-electron chi connectivity index (χ3n) is 4.44. The zero-order chi connectivity index (χ0) is 21.9. The van der Waals surface area contributed by atoms with Gasteiger partial charge in [-0.2, -0.15) is 0 Å². The minimum absolute atomic E-state index is 0.0959. The van der Waals surface area contributed by atoms with E-state index in [2.05, 4.69) is 5.32 Å². The van der Waals surface area contributed by atoms with Crippen LogP contribution in [0, 0.1) is 13.8 Å². The Hall–Kier alpha value is -2.54. The standard InChI is InChI=1S/C22H20Cl2N2O3S/c1-15-8-11-21(16(2)12-15)26(30(28,29)18-6-4-3-5-7-18)14-22(27)25-20-13-17(23)9-10-19(20)24/h3-13H,14H2,1-2H3,(H,25,27). The van der Waals surface area contributed by atoms with Gasteiger partial charge in [-0.1, -0.05) is 59.1 Å². The van der Waals surface area contributed by atoms with Gasteiger partial charge in [0.25, 0.3) is 10.0 Å².